The highest BCUT2D eigenvalue weighted by atomic mass is 79.9. The van der Waals surface area contributed by atoms with Gasteiger partial charge in [0, 0.05) is 17.1 Å². The van der Waals surface area contributed by atoms with Crippen LogP contribution in [-0.2, 0) is 4.43 Å². The molecule has 0 radical (unpaired) electrons. The topological polar surface area (TPSA) is 64.4 Å². The molecule has 0 bridgehead atoms. The van der Waals surface area contributed by atoms with Crippen LogP contribution < -0.4 is 5.32 Å². The SMILES string of the molecule is CC(C)(C)[Si](C)(C)OC/C=C\CNc1cc(Br)ccc1[N+](=O)[O-]. The second-order valence-electron chi connectivity index (χ2n) is 6.84. The number of benzene rings is 1. The maximum absolute atomic E-state index is 11.0. The molecule has 0 spiro atoms. The molecule has 23 heavy (non-hydrogen) atoms. The molecule has 0 amide bonds. The number of rotatable bonds is 7. The zero-order chi connectivity index (χ0) is 17.7. The molecule has 1 rings (SSSR count). The van der Waals surface area contributed by atoms with Gasteiger partial charge >= 0.3 is 0 Å². The lowest BCUT2D eigenvalue weighted by atomic mass is 10.2. The summed E-state index contributed by atoms with van der Waals surface area (Å²) in [7, 11) is -1.73. The van der Waals surface area contributed by atoms with Gasteiger partial charge in [0.1, 0.15) is 5.69 Å². The van der Waals surface area contributed by atoms with Crippen LogP contribution in [-0.4, -0.2) is 26.4 Å². The summed E-state index contributed by atoms with van der Waals surface area (Å²) in [5.74, 6) is 0. The van der Waals surface area contributed by atoms with Crippen molar-refractivity contribution < 1.29 is 9.35 Å². The summed E-state index contributed by atoms with van der Waals surface area (Å²) in [6, 6.07) is 4.85. The van der Waals surface area contributed by atoms with Crippen LogP contribution in [0.3, 0.4) is 0 Å². The molecule has 7 heteroatoms. The number of nitro groups is 1. The standard InChI is InChI=1S/C16H25BrN2O3Si/c1-16(2,3)23(4,5)22-11-7-6-10-18-14-12-13(17)8-9-15(14)19(20)21/h6-9,12,18H,10-11H2,1-5H3/b7-6-. The first-order valence-electron chi connectivity index (χ1n) is 7.51. The smallest absolute Gasteiger partial charge is 0.292 e. The predicted octanol–water partition coefficient (Wildman–Crippen LogP) is 5.35. The Kier molecular flexibility index (Phi) is 6.97. The molecular formula is C16H25BrN2O3Si. The van der Waals surface area contributed by atoms with E-state index < -0.39 is 8.32 Å². The zero-order valence-corrected chi connectivity index (χ0v) is 16.9. The van der Waals surface area contributed by atoms with E-state index in [0.717, 1.165) is 4.47 Å². The highest BCUT2D eigenvalue weighted by Crippen LogP contribution is 2.36. The number of nitro benzene ring substituents is 1. The van der Waals surface area contributed by atoms with Gasteiger partial charge in [-0.15, -0.1) is 0 Å². The Morgan fingerprint density at radius 2 is 2.00 bits per heavy atom. The second kappa shape index (κ2) is 8.08. The average Bonchev–Trinajstić information content (AvgIpc) is 2.41. The molecule has 0 saturated heterocycles. The van der Waals surface area contributed by atoms with Crippen molar-refractivity contribution in [2.75, 3.05) is 18.5 Å². The van der Waals surface area contributed by atoms with Crippen LogP contribution in [0.1, 0.15) is 20.8 Å². The lowest BCUT2D eigenvalue weighted by molar-refractivity contribution is -0.384. The normalized spacial score (nSPS) is 12.6. The molecule has 0 aliphatic heterocycles. The quantitative estimate of drug-likeness (QED) is 0.290. The van der Waals surface area contributed by atoms with Crippen LogP contribution in [0.4, 0.5) is 11.4 Å². The molecular weight excluding hydrogens is 376 g/mol. The van der Waals surface area contributed by atoms with Crippen LogP contribution in [0.25, 0.3) is 0 Å². The maximum atomic E-state index is 11.0. The first-order valence-corrected chi connectivity index (χ1v) is 11.2. The van der Waals surface area contributed by atoms with Gasteiger partial charge in [0.2, 0.25) is 0 Å². The minimum atomic E-state index is -1.73. The van der Waals surface area contributed by atoms with Crippen molar-refractivity contribution in [1.82, 2.24) is 0 Å². The molecule has 1 N–H and O–H groups in total. The summed E-state index contributed by atoms with van der Waals surface area (Å²) in [4.78, 5) is 10.6. The van der Waals surface area contributed by atoms with Crippen LogP contribution in [0.5, 0.6) is 0 Å². The fourth-order valence-electron chi connectivity index (χ4n) is 1.60. The first kappa shape index (κ1) is 19.9. The van der Waals surface area contributed by atoms with Crippen LogP contribution in [0, 0.1) is 10.1 Å². The van der Waals surface area contributed by atoms with Crippen molar-refractivity contribution in [2.45, 2.75) is 38.9 Å². The molecule has 0 unspecified atom stereocenters. The Labute approximate surface area is 147 Å². The average molecular weight is 401 g/mol. The van der Waals surface area contributed by atoms with E-state index >= 15 is 0 Å². The fourth-order valence-corrected chi connectivity index (χ4v) is 2.91. The molecule has 0 heterocycles. The van der Waals surface area contributed by atoms with E-state index in [2.05, 4.69) is 55.1 Å². The zero-order valence-electron chi connectivity index (χ0n) is 14.4. The number of hydrogen-bond acceptors (Lipinski definition) is 4. The van der Waals surface area contributed by atoms with Crippen molar-refractivity contribution in [3.05, 3.63) is 44.9 Å². The Morgan fingerprint density at radius 1 is 1.35 bits per heavy atom. The Bertz CT molecular complexity index is 583. The van der Waals surface area contributed by atoms with Gasteiger partial charge in [-0.05, 0) is 30.3 Å². The minimum Gasteiger partial charge on any atom is -0.413 e. The lowest BCUT2D eigenvalue weighted by Crippen LogP contribution is -2.40. The van der Waals surface area contributed by atoms with Crippen molar-refractivity contribution in [3.8, 4) is 0 Å². The number of nitrogens with one attached hydrogen (secondary N) is 1. The van der Waals surface area contributed by atoms with E-state index in [4.69, 9.17) is 4.43 Å². The van der Waals surface area contributed by atoms with Crippen molar-refractivity contribution in [2.24, 2.45) is 0 Å². The van der Waals surface area contributed by atoms with Crippen molar-refractivity contribution >= 4 is 35.6 Å². The third-order valence-electron chi connectivity index (χ3n) is 4.08. The summed E-state index contributed by atoms with van der Waals surface area (Å²) in [5.41, 5.74) is 0.568. The van der Waals surface area contributed by atoms with Gasteiger partial charge in [-0.1, -0.05) is 48.9 Å². The predicted molar refractivity (Wildman–Crippen MR) is 102 cm³/mol. The monoisotopic (exact) mass is 400 g/mol. The Morgan fingerprint density at radius 3 is 2.57 bits per heavy atom. The van der Waals surface area contributed by atoms with E-state index in [1.54, 1.807) is 12.1 Å². The Hall–Kier alpha value is -1.18. The molecule has 0 atom stereocenters. The van der Waals surface area contributed by atoms with Crippen molar-refractivity contribution in [1.29, 1.82) is 0 Å². The van der Waals surface area contributed by atoms with E-state index in [9.17, 15) is 10.1 Å². The van der Waals surface area contributed by atoms with Gasteiger partial charge in [-0.2, -0.15) is 0 Å². The molecule has 0 saturated carbocycles. The van der Waals surface area contributed by atoms with E-state index in [-0.39, 0.29) is 15.6 Å². The third-order valence-corrected chi connectivity index (χ3v) is 9.07. The highest BCUT2D eigenvalue weighted by molar-refractivity contribution is 9.10. The molecule has 5 nitrogen and oxygen atoms in total. The molecule has 128 valence electrons. The number of nitrogens with zero attached hydrogens (tertiary/aromatic N) is 1. The molecule has 0 aliphatic rings. The number of anilines is 1. The summed E-state index contributed by atoms with van der Waals surface area (Å²) in [6.45, 7) is 12.1. The van der Waals surface area contributed by atoms with E-state index in [0.29, 0.717) is 18.8 Å². The molecule has 0 fully saturated rings. The van der Waals surface area contributed by atoms with Crippen LogP contribution in [0.2, 0.25) is 18.1 Å². The third kappa shape index (κ3) is 6.08. The lowest BCUT2D eigenvalue weighted by Gasteiger charge is -2.35. The van der Waals surface area contributed by atoms with Gasteiger partial charge in [-0.25, -0.2) is 0 Å². The fraction of sp³-hybridized carbons (Fsp3) is 0.500. The van der Waals surface area contributed by atoms with Gasteiger partial charge in [0.25, 0.3) is 5.69 Å². The first-order chi connectivity index (χ1) is 10.5. The van der Waals surface area contributed by atoms with Gasteiger partial charge < -0.3 is 9.74 Å². The summed E-state index contributed by atoms with van der Waals surface area (Å²) < 4.78 is 6.84. The number of hydrogen-bond donors (Lipinski definition) is 1. The van der Waals surface area contributed by atoms with Gasteiger partial charge in [0.05, 0.1) is 11.5 Å². The van der Waals surface area contributed by atoms with Crippen LogP contribution >= 0.6 is 15.9 Å². The molecule has 0 aromatic heterocycles. The minimum absolute atomic E-state index is 0.0686. The summed E-state index contributed by atoms with van der Waals surface area (Å²) in [6.07, 6.45) is 3.88. The van der Waals surface area contributed by atoms with Gasteiger partial charge in [-0.3, -0.25) is 10.1 Å². The molecule has 1 aromatic rings. The van der Waals surface area contributed by atoms with Crippen LogP contribution in [0.15, 0.2) is 34.8 Å². The van der Waals surface area contributed by atoms with E-state index in [1.165, 1.54) is 6.07 Å². The highest BCUT2D eigenvalue weighted by Gasteiger charge is 2.36. The second-order valence-corrected chi connectivity index (χ2v) is 12.6. The Balaban J connectivity index is 2.52. The molecule has 0 aliphatic carbocycles. The summed E-state index contributed by atoms with van der Waals surface area (Å²) in [5, 5.41) is 14.2. The van der Waals surface area contributed by atoms with Crippen molar-refractivity contribution in [3.63, 3.8) is 0 Å². The largest absolute Gasteiger partial charge is 0.413 e. The molecule has 1 aromatic carbocycles. The number of halogens is 1. The summed E-state index contributed by atoms with van der Waals surface area (Å²) >= 11 is 3.32. The maximum Gasteiger partial charge on any atom is 0.292 e. The van der Waals surface area contributed by atoms with E-state index in [1.807, 2.05) is 12.2 Å². The van der Waals surface area contributed by atoms with Gasteiger partial charge in [0.15, 0.2) is 8.32 Å².